The Morgan fingerprint density at radius 3 is 2.57 bits per heavy atom. The van der Waals surface area contributed by atoms with Crippen molar-refractivity contribution in [1.82, 2.24) is 30.7 Å². The van der Waals surface area contributed by atoms with Crippen molar-refractivity contribution in [3.63, 3.8) is 0 Å². The predicted molar refractivity (Wildman–Crippen MR) is 76.0 cm³/mol. The first-order valence-corrected chi connectivity index (χ1v) is 7.33. The van der Waals surface area contributed by atoms with Gasteiger partial charge in [0.2, 0.25) is 5.89 Å². The number of anilines is 2. The summed E-state index contributed by atoms with van der Waals surface area (Å²) < 4.78 is 5.49. The molecule has 1 fully saturated rings. The van der Waals surface area contributed by atoms with E-state index >= 15 is 0 Å². The lowest BCUT2D eigenvalue weighted by atomic mass is 10.2. The molecule has 2 aromatic rings. The first-order valence-electron chi connectivity index (χ1n) is 7.33. The van der Waals surface area contributed by atoms with E-state index in [1.807, 2.05) is 13.8 Å². The minimum absolute atomic E-state index is 0.288. The molecule has 8 nitrogen and oxygen atoms in total. The van der Waals surface area contributed by atoms with Crippen molar-refractivity contribution in [2.24, 2.45) is 0 Å². The SMILES string of the molecule is CCc1nnc(Nc2nnc(CNC3CC3)o2)nc1CC. The molecule has 112 valence electrons. The van der Waals surface area contributed by atoms with Gasteiger partial charge in [0.1, 0.15) is 0 Å². The Bertz CT molecular complexity index is 608. The van der Waals surface area contributed by atoms with E-state index in [0.717, 1.165) is 24.2 Å². The van der Waals surface area contributed by atoms with Gasteiger partial charge in [-0.15, -0.1) is 15.3 Å². The van der Waals surface area contributed by atoms with Gasteiger partial charge in [0.15, 0.2) is 0 Å². The fraction of sp³-hybridized carbons (Fsp3) is 0.615. The van der Waals surface area contributed by atoms with Crippen LogP contribution in [0.5, 0.6) is 0 Å². The van der Waals surface area contributed by atoms with E-state index in [9.17, 15) is 0 Å². The van der Waals surface area contributed by atoms with Crippen LogP contribution in [0.3, 0.4) is 0 Å². The van der Waals surface area contributed by atoms with Gasteiger partial charge in [0.25, 0.3) is 5.95 Å². The molecule has 2 heterocycles. The van der Waals surface area contributed by atoms with Crippen LogP contribution in [-0.2, 0) is 19.4 Å². The Labute approximate surface area is 122 Å². The fourth-order valence-corrected chi connectivity index (χ4v) is 1.98. The van der Waals surface area contributed by atoms with Crippen molar-refractivity contribution in [2.45, 2.75) is 52.1 Å². The summed E-state index contributed by atoms with van der Waals surface area (Å²) in [6.07, 6.45) is 4.08. The van der Waals surface area contributed by atoms with E-state index in [1.165, 1.54) is 12.8 Å². The van der Waals surface area contributed by atoms with Gasteiger partial charge in [-0.3, -0.25) is 5.32 Å². The maximum Gasteiger partial charge on any atom is 0.322 e. The van der Waals surface area contributed by atoms with Gasteiger partial charge < -0.3 is 9.73 Å². The van der Waals surface area contributed by atoms with E-state index < -0.39 is 0 Å². The molecule has 0 saturated heterocycles. The van der Waals surface area contributed by atoms with Crippen LogP contribution >= 0.6 is 0 Å². The first kappa shape index (κ1) is 13.9. The lowest BCUT2D eigenvalue weighted by Crippen LogP contribution is -2.15. The zero-order chi connectivity index (χ0) is 14.7. The van der Waals surface area contributed by atoms with Crippen LogP contribution in [0.1, 0.15) is 44.0 Å². The molecule has 2 aromatic heterocycles. The second-order valence-electron chi connectivity index (χ2n) is 5.02. The molecule has 0 radical (unpaired) electrons. The van der Waals surface area contributed by atoms with Crippen LogP contribution in [-0.4, -0.2) is 31.4 Å². The summed E-state index contributed by atoms with van der Waals surface area (Å²) in [5.41, 5.74) is 1.85. The summed E-state index contributed by atoms with van der Waals surface area (Å²) in [5.74, 6) is 0.938. The second kappa shape index (κ2) is 6.13. The van der Waals surface area contributed by atoms with Crippen LogP contribution in [0.25, 0.3) is 0 Å². The van der Waals surface area contributed by atoms with Gasteiger partial charge in [-0.25, -0.2) is 4.98 Å². The van der Waals surface area contributed by atoms with E-state index in [0.29, 0.717) is 24.4 Å². The maximum absolute atomic E-state index is 5.49. The molecule has 1 aliphatic carbocycles. The zero-order valence-corrected chi connectivity index (χ0v) is 12.3. The molecule has 21 heavy (non-hydrogen) atoms. The van der Waals surface area contributed by atoms with Crippen molar-refractivity contribution >= 4 is 12.0 Å². The smallest absolute Gasteiger partial charge is 0.322 e. The Morgan fingerprint density at radius 2 is 1.86 bits per heavy atom. The highest BCUT2D eigenvalue weighted by Gasteiger charge is 2.21. The minimum atomic E-state index is 0.288. The van der Waals surface area contributed by atoms with Crippen LogP contribution in [0.4, 0.5) is 12.0 Å². The summed E-state index contributed by atoms with van der Waals surface area (Å²) in [6.45, 7) is 4.67. The summed E-state index contributed by atoms with van der Waals surface area (Å²) in [7, 11) is 0. The van der Waals surface area contributed by atoms with E-state index in [-0.39, 0.29) is 6.01 Å². The number of hydrogen-bond acceptors (Lipinski definition) is 8. The summed E-state index contributed by atoms with van der Waals surface area (Å²) in [6, 6.07) is 0.894. The molecule has 0 unspecified atom stereocenters. The first-order chi connectivity index (χ1) is 10.3. The monoisotopic (exact) mass is 289 g/mol. The van der Waals surface area contributed by atoms with Crippen LogP contribution in [0, 0.1) is 0 Å². The number of aromatic nitrogens is 5. The Kier molecular flexibility index (Phi) is 4.05. The third-order valence-corrected chi connectivity index (χ3v) is 3.31. The quantitative estimate of drug-likeness (QED) is 0.788. The highest BCUT2D eigenvalue weighted by Crippen LogP contribution is 2.19. The topological polar surface area (TPSA) is 102 Å². The molecule has 2 N–H and O–H groups in total. The molecule has 0 spiro atoms. The molecule has 0 atom stereocenters. The average molecular weight is 289 g/mol. The molecule has 0 aliphatic heterocycles. The number of aryl methyl sites for hydroxylation is 2. The Hall–Kier alpha value is -2.09. The fourth-order valence-electron chi connectivity index (χ4n) is 1.98. The number of rotatable bonds is 7. The molecule has 0 bridgehead atoms. The van der Waals surface area contributed by atoms with Gasteiger partial charge >= 0.3 is 6.01 Å². The minimum Gasteiger partial charge on any atom is -0.406 e. The third kappa shape index (κ3) is 3.52. The average Bonchev–Trinajstić information content (AvgIpc) is 3.24. The van der Waals surface area contributed by atoms with E-state index in [4.69, 9.17) is 4.42 Å². The molecule has 1 saturated carbocycles. The highest BCUT2D eigenvalue weighted by atomic mass is 16.4. The summed E-state index contributed by atoms with van der Waals surface area (Å²) >= 11 is 0. The summed E-state index contributed by atoms with van der Waals surface area (Å²) in [5, 5.41) is 22.3. The van der Waals surface area contributed by atoms with Crippen molar-refractivity contribution in [3.8, 4) is 0 Å². The lowest BCUT2D eigenvalue weighted by molar-refractivity contribution is 0.478. The second-order valence-corrected chi connectivity index (χ2v) is 5.02. The predicted octanol–water partition coefficient (Wildman–Crippen LogP) is 1.37. The normalized spacial score (nSPS) is 14.4. The van der Waals surface area contributed by atoms with Crippen LogP contribution < -0.4 is 10.6 Å². The highest BCUT2D eigenvalue weighted by molar-refractivity contribution is 5.39. The van der Waals surface area contributed by atoms with Crippen LogP contribution in [0.15, 0.2) is 4.42 Å². The molecular weight excluding hydrogens is 270 g/mol. The van der Waals surface area contributed by atoms with Gasteiger partial charge in [0.05, 0.1) is 17.9 Å². The van der Waals surface area contributed by atoms with Crippen molar-refractivity contribution in [2.75, 3.05) is 5.32 Å². The van der Waals surface area contributed by atoms with E-state index in [1.54, 1.807) is 0 Å². The van der Waals surface area contributed by atoms with Crippen LogP contribution in [0.2, 0.25) is 0 Å². The van der Waals surface area contributed by atoms with Crippen molar-refractivity contribution < 1.29 is 4.42 Å². The molecule has 1 aliphatic rings. The molecule has 8 heteroatoms. The Morgan fingerprint density at radius 1 is 1.05 bits per heavy atom. The molecular formula is C13H19N7O. The number of hydrogen-bond donors (Lipinski definition) is 2. The molecule has 0 amide bonds. The molecule has 0 aromatic carbocycles. The number of nitrogens with one attached hydrogen (secondary N) is 2. The van der Waals surface area contributed by atoms with Crippen molar-refractivity contribution in [3.05, 3.63) is 17.3 Å². The Balaban J connectivity index is 1.65. The van der Waals surface area contributed by atoms with Gasteiger partial charge in [-0.05, 0) is 25.7 Å². The summed E-state index contributed by atoms with van der Waals surface area (Å²) in [4.78, 5) is 4.42. The molecule has 3 rings (SSSR count). The largest absolute Gasteiger partial charge is 0.406 e. The number of nitrogens with zero attached hydrogens (tertiary/aromatic N) is 5. The van der Waals surface area contributed by atoms with Crippen molar-refractivity contribution in [1.29, 1.82) is 0 Å². The van der Waals surface area contributed by atoms with Gasteiger partial charge in [0, 0.05) is 6.04 Å². The van der Waals surface area contributed by atoms with Gasteiger partial charge in [-0.2, -0.15) is 0 Å². The maximum atomic E-state index is 5.49. The zero-order valence-electron chi connectivity index (χ0n) is 12.3. The van der Waals surface area contributed by atoms with E-state index in [2.05, 4.69) is 36.0 Å². The standard InChI is InChI=1S/C13H19N7O/c1-3-9-10(4-2)17-19-12(15-9)16-13-20-18-11(21-13)7-14-8-5-6-8/h8,14H,3-7H2,1-2H3,(H,15,16,19,20). The third-order valence-electron chi connectivity index (χ3n) is 3.31. The lowest BCUT2D eigenvalue weighted by Gasteiger charge is -2.04. The van der Waals surface area contributed by atoms with Gasteiger partial charge in [-0.1, -0.05) is 18.9 Å².